The number of anilines is 1. The highest BCUT2D eigenvalue weighted by Gasteiger charge is 2.25. The Labute approximate surface area is 186 Å². The minimum atomic E-state index is -3.90. The summed E-state index contributed by atoms with van der Waals surface area (Å²) in [5.41, 5.74) is 0.391. The second-order valence-corrected chi connectivity index (χ2v) is 9.45. The minimum absolute atomic E-state index is 0.0156. The van der Waals surface area contributed by atoms with Crippen molar-refractivity contribution < 1.29 is 17.9 Å². The number of nitrogens with zero attached hydrogens (tertiary/aromatic N) is 1. The Kier molecular flexibility index (Phi) is 6.29. The van der Waals surface area contributed by atoms with Gasteiger partial charge in [-0.2, -0.15) is 0 Å². The molecule has 1 atom stereocenters. The Balaban J connectivity index is 1.67. The van der Waals surface area contributed by atoms with E-state index in [-0.39, 0.29) is 28.5 Å². The van der Waals surface area contributed by atoms with Crippen molar-refractivity contribution in [3.8, 4) is 0 Å². The maximum atomic E-state index is 13.3. The summed E-state index contributed by atoms with van der Waals surface area (Å²) >= 11 is 0. The fourth-order valence-corrected chi connectivity index (χ4v) is 5.35. The molecule has 0 aliphatic carbocycles. The predicted octanol–water partition coefficient (Wildman–Crippen LogP) is 2.65. The number of carbonyl (C=O) groups excluding carboxylic acids is 1. The molecule has 1 aromatic heterocycles. The van der Waals surface area contributed by atoms with Gasteiger partial charge in [0.15, 0.2) is 0 Å². The molecule has 32 heavy (non-hydrogen) atoms. The molecule has 168 valence electrons. The molecule has 3 aromatic rings. The molecular weight excluding hydrogens is 430 g/mol. The van der Waals surface area contributed by atoms with Crippen LogP contribution in [0.25, 0.3) is 10.9 Å². The molecule has 0 saturated carbocycles. The number of aromatic nitrogens is 1. The van der Waals surface area contributed by atoms with Crippen LogP contribution in [0.15, 0.2) is 64.4 Å². The first kappa shape index (κ1) is 22.0. The lowest BCUT2D eigenvalue weighted by Crippen LogP contribution is -2.34. The highest BCUT2D eigenvalue weighted by Crippen LogP contribution is 2.25. The number of H-pyrrole nitrogens is 1. The number of para-hydroxylation sites is 1. The summed E-state index contributed by atoms with van der Waals surface area (Å²) in [7, 11) is -3.90. The maximum Gasteiger partial charge on any atom is 0.264 e. The van der Waals surface area contributed by atoms with E-state index in [4.69, 9.17) is 4.74 Å². The fraction of sp³-hybridized carbons (Fsp3) is 0.304. The zero-order chi connectivity index (χ0) is 22.7. The van der Waals surface area contributed by atoms with Gasteiger partial charge < -0.3 is 15.0 Å². The van der Waals surface area contributed by atoms with E-state index < -0.39 is 21.4 Å². The molecule has 1 aliphatic rings. The van der Waals surface area contributed by atoms with E-state index in [1.807, 2.05) is 6.07 Å². The van der Waals surface area contributed by atoms with Gasteiger partial charge in [-0.3, -0.25) is 13.9 Å². The average Bonchev–Trinajstić information content (AvgIpc) is 3.32. The number of hydrogen-bond donors (Lipinski definition) is 2. The van der Waals surface area contributed by atoms with E-state index in [1.54, 1.807) is 31.2 Å². The summed E-state index contributed by atoms with van der Waals surface area (Å²) in [6.45, 7) is 2.97. The lowest BCUT2D eigenvalue weighted by Gasteiger charge is -2.23. The molecule has 0 spiro atoms. The standard InChI is InChI=1S/C23H25N3O5S/c1-2-26(16-7-4-3-5-8-16)32(29,30)18-10-11-21-19(13-18)22(27)20(15-24-21)23(28)25-14-17-9-6-12-31-17/h3-5,7-8,10-11,13,15,17H,2,6,9,12,14H2,1H3,(H,24,27)(H,25,28). The number of benzene rings is 2. The van der Waals surface area contributed by atoms with Gasteiger partial charge in [-0.05, 0) is 50.1 Å². The van der Waals surface area contributed by atoms with Crippen molar-refractivity contribution in [2.24, 2.45) is 0 Å². The Bertz CT molecular complexity index is 1280. The monoisotopic (exact) mass is 455 g/mol. The summed E-state index contributed by atoms with van der Waals surface area (Å²) < 4.78 is 33.4. The van der Waals surface area contributed by atoms with Crippen LogP contribution in [0, 0.1) is 0 Å². The summed E-state index contributed by atoms with van der Waals surface area (Å²) in [6.07, 6.45) is 3.12. The lowest BCUT2D eigenvalue weighted by molar-refractivity contribution is 0.0857. The molecule has 0 bridgehead atoms. The highest BCUT2D eigenvalue weighted by molar-refractivity contribution is 7.92. The number of sulfonamides is 1. The third-order valence-corrected chi connectivity index (χ3v) is 7.43. The first-order valence-electron chi connectivity index (χ1n) is 10.5. The van der Waals surface area contributed by atoms with Crippen molar-refractivity contribution in [1.29, 1.82) is 0 Å². The molecule has 1 amide bonds. The molecule has 1 fully saturated rings. The number of pyridine rings is 1. The number of rotatable bonds is 7. The zero-order valence-electron chi connectivity index (χ0n) is 17.7. The van der Waals surface area contributed by atoms with Crippen LogP contribution in [0.1, 0.15) is 30.1 Å². The first-order valence-corrected chi connectivity index (χ1v) is 12.0. The summed E-state index contributed by atoms with van der Waals surface area (Å²) in [6, 6.07) is 13.1. The van der Waals surface area contributed by atoms with Crippen molar-refractivity contribution >= 4 is 32.5 Å². The van der Waals surface area contributed by atoms with E-state index in [0.717, 1.165) is 12.8 Å². The number of carbonyl (C=O) groups is 1. The van der Waals surface area contributed by atoms with Gasteiger partial charge in [0, 0.05) is 36.8 Å². The molecule has 9 heteroatoms. The normalized spacial score (nSPS) is 16.2. The molecule has 2 N–H and O–H groups in total. The summed E-state index contributed by atoms with van der Waals surface area (Å²) in [4.78, 5) is 28.5. The molecule has 1 saturated heterocycles. The van der Waals surface area contributed by atoms with Crippen LogP contribution < -0.4 is 15.1 Å². The van der Waals surface area contributed by atoms with Gasteiger partial charge in [0.25, 0.3) is 15.9 Å². The van der Waals surface area contributed by atoms with Crippen LogP contribution in [0.2, 0.25) is 0 Å². The molecule has 2 aromatic carbocycles. The predicted molar refractivity (Wildman–Crippen MR) is 123 cm³/mol. The van der Waals surface area contributed by atoms with Crippen molar-refractivity contribution in [3.63, 3.8) is 0 Å². The number of amides is 1. The third kappa shape index (κ3) is 4.26. The van der Waals surface area contributed by atoms with E-state index in [2.05, 4.69) is 10.3 Å². The molecule has 8 nitrogen and oxygen atoms in total. The van der Waals surface area contributed by atoms with E-state index >= 15 is 0 Å². The van der Waals surface area contributed by atoms with Crippen LogP contribution in [-0.2, 0) is 14.8 Å². The van der Waals surface area contributed by atoms with Crippen molar-refractivity contribution in [2.45, 2.75) is 30.8 Å². The number of fused-ring (bicyclic) bond motifs is 1. The van der Waals surface area contributed by atoms with Gasteiger partial charge >= 0.3 is 0 Å². The average molecular weight is 456 g/mol. The Morgan fingerprint density at radius 3 is 2.69 bits per heavy atom. The quantitative estimate of drug-likeness (QED) is 0.569. The van der Waals surface area contributed by atoms with E-state index in [0.29, 0.717) is 24.4 Å². The van der Waals surface area contributed by atoms with Gasteiger partial charge in [-0.1, -0.05) is 18.2 Å². The first-order chi connectivity index (χ1) is 15.4. The van der Waals surface area contributed by atoms with Crippen LogP contribution in [0.5, 0.6) is 0 Å². The largest absolute Gasteiger partial charge is 0.376 e. The number of hydrogen-bond acceptors (Lipinski definition) is 5. The Morgan fingerprint density at radius 1 is 1.22 bits per heavy atom. The molecule has 2 heterocycles. The second kappa shape index (κ2) is 9.13. The zero-order valence-corrected chi connectivity index (χ0v) is 18.5. The second-order valence-electron chi connectivity index (χ2n) is 7.59. The van der Waals surface area contributed by atoms with Crippen LogP contribution >= 0.6 is 0 Å². The van der Waals surface area contributed by atoms with Crippen LogP contribution in [-0.4, -0.2) is 45.1 Å². The van der Waals surface area contributed by atoms with E-state index in [1.165, 1.54) is 28.7 Å². The van der Waals surface area contributed by atoms with Crippen molar-refractivity contribution in [1.82, 2.24) is 10.3 Å². The topological polar surface area (TPSA) is 109 Å². The number of nitrogens with one attached hydrogen (secondary N) is 2. The van der Waals surface area contributed by atoms with Gasteiger partial charge in [-0.15, -0.1) is 0 Å². The molecular formula is C23H25N3O5S. The highest BCUT2D eigenvalue weighted by atomic mass is 32.2. The molecule has 1 aliphatic heterocycles. The minimum Gasteiger partial charge on any atom is -0.376 e. The van der Waals surface area contributed by atoms with Crippen LogP contribution in [0.3, 0.4) is 0 Å². The molecule has 4 rings (SSSR count). The molecule has 1 unspecified atom stereocenters. The van der Waals surface area contributed by atoms with Gasteiger partial charge in [0.1, 0.15) is 5.56 Å². The van der Waals surface area contributed by atoms with Gasteiger partial charge in [0.2, 0.25) is 5.43 Å². The summed E-state index contributed by atoms with van der Waals surface area (Å²) in [5.74, 6) is -0.517. The Hall–Kier alpha value is -3.17. The van der Waals surface area contributed by atoms with Crippen molar-refractivity contribution in [3.05, 3.63) is 70.5 Å². The lowest BCUT2D eigenvalue weighted by atomic mass is 10.1. The fourth-order valence-electron chi connectivity index (χ4n) is 3.85. The van der Waals surface area contributed by atoms with Crippen LogP contribution in [0.4, 0.5) is 5.69 Å². The number of aromatic amines is 1. The summed E-state index contributed by atoms with van der Waals surface area (Å²) in [5, 5.41) is 2.87. The maximum absolute atomic E-state index is 13.3. The van der Waals surface area contributed by atoms with Crippen molar-refractivity contribution in [2.75, 3.05) is 24.0 Å². The van der Waals surface area contributed by atoms with E-state index in [9.17, 15) is 18.0 Å². The SMILES string of the molecule is CCN(c1ccccc1)S(=O)(=O)c1ccc2[nH]cc(C(=O)NCC3CCCO3)c(=O)c2c1. The Morgan fingerprint density at radius 2 is 2.00 bits per heavy atom. The third-order valence-electron chi connectivity index (χ3n) is 5.53. The molecule has 0 radical (unpaired) electrons. The number of ether oxygens (including phenoxy) is 1. The smallest absolute Gasteiger partial charge is 0.264 e. The van der Waals surface area contributed by atoms with Gasteiger partial charge in [-0.25, -0.2) is 8.42 Å². The van der Waals surface area contributed by atoms with Gasteiger partial charge in [0.05, 0.1) is 16.7 Å².